The molecule has 4 N–H and O–H groups in total. The molecule has 0 radical (unpaired) electrons. The zero-order chi connectivity index (χ0) is 23.3. The molecule has 1 aromatic heterocycles. The van der Waals surface area contributed by atoms with Crippen molar-refractivity contribution in [2.24, 2.45) is 0 Å². The molecule has 10 heteroatoms. The van der Waals surface area contributed by atoms with Crippen molar-refractivity contribution >= 4 is 24.2 Å². The summed E-state index contributed by atoms with van der Waals surface area (Å²) in [7, 11) is 1.57. The number of aromatic nitrogens is 1. The molecule has 0 bridgehead atoms. The highest BCUT2D eigenvalue weighted by Crippen LogP contribution is 2.17. The van der Waals surface area contributed by atoms with Gasteiger partial charge in [0.25, 0.3) is 6.47 Å². The molecule has 32 heavy (non-hydrogen) atoms. The number of ether oxygens (including phenoxy) is 1. The van der Waals surface area contributed by atoms with Crippen molar-refractivity contribution in [2.75, 3.05) is 7.11 Å². The first-order valence-electron chi connectivity index (χ1n) is 9.94. The Hall–Kier alpha value is -3.95. The van der Waals surface area contributed by atoms with E-state index in [2.05, 4.69) is 20.9 Å². The van der Waals surface area contributed by atoms with Gasteiger partial charge >= 0.3 is 0 Å². The molecule has 1 fully saturated rings. The number of benzene rings is 1. The summed E-state index contributed by atoms with van der Waals surface area (Å²) >= 11 is 0. The number of rotatable bonds is 8. The number of carboxylic acid groups (broad SMARTS) is 1. The van der Waals surface area contributed by atoms with Crippen molar-refractivity contribution in [1.82, 2.24) is 20.9 Å². The number of carbonyl (C=O) groups is 4. The van der Waals surface area contributed by atoms with Crippen LogP contribution in [0.25, 0.3) is 0 Å². The average molecular weight is 442 g/mol. The predicted octanol–water partition coefficient (Wildman–Crippen LogP) is 0.545. The average Bonchev–Trinajstić information content (AvgIpc) is 3.24. The van der Waals surface area contributed by atoms with Crippen LogP contribution in [0.4, 0.5) is 0 Å². The van der Waals surface area contributed by atoms with E-state index in [1.54, 1.807) is 19.4 Å². The normalized spacial score (nSPS) is 14.4. The molecule has 2 heterocycles. The summed E-state index contributed by atoms with van der Waals surface area (Å²) in [5, 5.41) is 15.2. The number of carbonyl (C=O) groups excluding carboxylic acids is 3. The fourth-order valence-corrected chi connectivity index (χ4v) is 3.13. The van der Waals surface area contributed by atoms with Crippen molar-refractivity contribution in [3.05, 3.63) is 59.4 Å². The zero-order valence-corrected chi connectivity index (χ0v) is 17.7. The highest BCUT2D eigenvalue weighted by molar-refractivity contribution is 5.90. The summed E-state index contributed by atoms with van der Waals surface area (Å²) in [5.41, 5.74) is 2.38. The van der Waals surface area contributed by atoms with Gasteiger partial charge in [-0.15, -0.1) is 0 Å². The van der Waals surface area contributed by atoms with Gasteiger partial charge in [0.05, 0.1) is 25.8 Å². The van der Waals surface area contributed by atoms with E-state index in [4.69, 9.17) is 14.6 Å². The van der Waals surface area contributed by atoms with Crippen molar-refractivity contribution in [3.8, 4) is 5.75 Å². The van der Waals surface area contributed by atoms with Gasteiger partial charge in [-0.3, -0.25) is 24.2 Å². The van der Waals surface area contributed by atoms with Crippen LogP contribution in [0.5, 0.6) is 5.75 Å². The Bertz CT molecular complexity index is 950. The third-order valence-corrected chi connectivity index (χ3v) is 4.67. The standard InChI is InChI=1S/C21H24N4O4.CH2O2/c1-29-18-5-3-2-4-15(18)11-20(27)23-13-16-10-14(8-9-22-16)12-24-21(28)17-6-7-19(26)25-17;2-1-3/h2-5,8-10,17H,6-7,11-13H2,1H3,(H,23,27)(H,24,28)(H,25,26);1H,(H,2,3). The van der Waals surface area contributed by atoms with E-state index < -0.39 is 6.04 Å². The Labute approximate surface area is 185 Å². The Morgan fingerprint density at radius 3 is 2.69 bits per heavy atom. The fourth-order valence-electron chi connectivity index (χ4n) is 3.13. The maximum absolute atomic E-state index is 12.2. The largest absolute Gasteiger partial charge is 0.496 e. The van der Waals surface area contributed by atoms with Crippen LogP contribution < -0.4 is 20.7 Å². The van der Waals surface area contributed by atoms with Gasteiger partial charge in [0.2, 0.25) is 17.7 Å². The summed E-state index contributed by atoms with van der Waals surface area (Å²) in [6.45, 7) is 0.365. The highest BCUT2D eigenvalue weighted by atomic mass is 16.5. The Balaban J connectivity index is 0.00000114. The van der Waals surface area contributed by atoms with Crippen molar-refractivity contribution in [3.63, 3.8) is 0 Å². The molecule has 0 saturated carbocycles. The lowest BCUT2D eigenvalue weighted by Gasteiger charge is -2.12. The molecule has 10 nitrogen and oxygen atoms in total. The number of hydrogen-bond donors (Lipinski definition) is 4. The third kappa shape index (κ3) is 7.71. The second kappa shape index (κ2) is 12.7. The summed E-state index contributed by atoms with van der Waals surface area (Å²) < 4.78 is 5.26. The van der Waals surface area contributed by atoms with Crippen LogP contribution in [-0.4, -0.2) is 47.4 Å². The highest BCUT2D eigenvalue weighted by Gasteiger charge is 2.26. The molecular formula is C22H26N4O6. The van der Waals surface area contributed by atoms with Crippen LogP contribution in [0.2, 0.25) is 0 Å². The van der Waals surface area contributed by atoms with Crippen LogP contribution in [0.3, 0.4) is 0 Å². The first kappa shape index (κ1) is 24.3. The van der Waals surface area contributed by atoms with Crippen LogP contribution in [0.15, 0.2) is 42.6 Å². The number of pyridine rings is 1. The molecule has 3 rings (SSSR count). The van der Waals surface area contributed by atoms with Crippen LogP contribution in [-0.2, 0) is 38.7 Å². The third-order valence-electron chi connectivity index (χ3n) is 4.67. The van der Waals surface area contributed by atoms with E-state index in [9.17, 15) is 14.4 Å². The molecule has 1 saturated heterocycles. The van der Waals surface area contributed by atoms with E-state index in [0.717, 1.165) is 11.1 Å². The minimum atomic E-state index is -0.460. The molecule has 1 aromatic carbocycles. The van der Waals surface area contributed by atoms with Crippen LogP contribution in [0.1, 0.15) is 29.7 Å². The van der Waals surface area contributed by atoms with Crippen molar-refractivity contribution in [2.45, 2.75) is 38.4 Å². The zero-order valence-electron chi connectivity index (χ0n) is 17.7. The van der Waals surface area contributed by atoms with E-state index in [1.165, 1.54) is 0 Å². The van der Waals surface area contributed by atoms with E-state index in [-0.39, 0.29) is 37.2 Å². The van der Waals surface area contributed by atoms with Crippen LogP contribution >= 0.6 is 0 Å². The molecule has 1 atom stereocenters. The predicted molar refractivity (Wildman–Crippen MR) is 114 cm³/mol. The van der Waals surface area contributed by atoms with Gasteiger partial charge in [0.1, 0.15) is 11.8 Å². The quantitative estimate of drug-likeness (QED) is 0.437. The van der Waals surface area contributed by atoms with Crippen molar-refractivity contribution < 1.29 is 29.0 Å². The molecule has 0 spiro atoms. The Kier molecular flexibility index (Phi) is 9.64. The lowest BCUT2D eigenvalue weighted by atomic mass is 10.1. The summed E-state index contributed by atoms with van der Waals surface area (Å²) in [4.78, 5) is 48.2. The molecule has 170 valence electrons. The Morgan fingerprint density at radius 2 is 2.00 bits per heavy atom. The summed E-state index contributed by atoms with van der Waals surface area (Å²) in [6.07, 6.45) is 2.75. The van der Waals surface area contributed by atoms with Gasteiger partial charge in [0, 0.05) is 24.7 Å². The van der Waals surface area contributed by atoms with E-state index in [1.807, 2.05) is 30.3 Å². The number of methoxy groups -OCH3 is 1. The van der Waals surface area contributed by atoms with Crippen LogP contribution in [0, 0.1) is 0 Å². The monoisotopic (exact) mass is 442 g/mol. The number of nitrogens with one attached hydrogen (secondary N) is 3. The van der Waals surface area contributed by atoms with Gasteiger partial charge in [-0.1, -0.05) is 18.2 Å². The van der Waals surface area contributed by atoms with Gasteiger partial charge in [-0.05, 0) is 30.2 Å². The summed E-state index contributed by atoms with van der Waals surface area (Å²) in [6, 6.07) is 10.6. The lowest BCUT2D eigenvalue weighted by molar-refractivity contribution is -0.125. The SMILES string of the molecule is COc1ccccc1CC(=O)NCc1cc(CNC(=O)C2CCC(=O)N2)ccn1.O=CO. The second-order valence-electron chi connectivity index (χ2n) is 6.90. The Morgan fingerprint density at radius 1 is 1.25 bits per heavy atom. The molecule has 1 unspecified atom stereocenters. The first-order valence-corrected chi connectivity index (χ1v) is 9.94. The first-order chi connectivity index (χ1) is 15.5. The molecule has 3 amide bonds. The molecule has 2 aromatic rings. The lowest BCUT2D eigenvalue weighted by Crippen LogP contribution is -2.41. The maximum Gasteiger partial charge on any atom is 0.290 e. The number of para-hydroxylation sites is 1. The van der Waals surface area contributed by atoms with Gasteiger partial charge < -0.3 is 25.8 Å². The maximum atomic E-state index is 12.2. The number of amides is 3. The minimum Gasteiger partial charge on any atom is -0.496 e. The topological polar surface area (TPSA) is 147 Å². The second-order valence-corrected chi connectivity index (χ2v) is 6.90. The van der Waals surface area contributed by atoms with Gasteiger partial charge in [-0.25, -0.2) is 0 Å². The number of nitrogens with zero attached hydrogens (tertiary/aromatic N) is 1. The van der Waals surface area contributed by atoms with Gasteiger partial charge in [-0.2, -0.15) is 0 Å². The smallest absolute Gasteiger partial charge is 0.290 e. The molecule has 1 aliphatic rings. The fraction of sp³-hybridized carbons (Fsp3) is 0.318. The number of hydrogen-bond acceptors (Lipinski definition) is 6. The van der Waals surface area contributed by atoms with E-state index in [0.29, 0.717) is 30.8 Å². The van der Waals surface area contributed by atoms with Crippen molar-refractivity contribution in [1.29, 1.82) is 0 Å². The molecular weight excluding hydrogens is 416 g/mol. The molecule has 0 aliphatic carbocycles. The van der Waals surface area contributed by atoms with Gasteiger partial charge in [0.15, 0.2) is 0 Å². The summed E-state index contributed by atoms with van der Waals surface area (Å²) in [5.74, 6) is 0.253. The molecule has 1 aliphatic heterocycles. The minimum absolute atomic E-state index is 0.0970. The van der Waals surface area contributed by atoms with E-state index >= 15 is 0 Å².